The third kappa shape index (κ3) is 4.61. The van der Waals surface area contributed by atoms with Gasteiger partial charge >= 0.3 is 0 Å². The Hall–Kier alpha value is -0.850. The Morgan fingerprint density at radius 1 is 1.25 bits per heavy atom. The molecule has 2 heterocycles. The van der Waals surface area contributed by atoms with Gasteiger partial charge in [0.05, 0.1) is 12.3 Å². The van der Waals surface area contributed by atoms with Gasteiger partial charge in [0, 0.05) is 15.8 Å². The van der Waals surface area contributed by atoms with Crippen LogP contribution in [0.15, 0.2) is 28.7 Å². The largest absolute Gasteiger partial charge is 0.464 e. The first-order chi connectivity index (χ1) is 9.54. The highest BCUT2D eigenvalue weighted by Gasteiger charge is 2.10. The molecule has 1 N–H and O–H groups in total. The number of aryl methyl sites for hydroxylation is 1. The fourth-order valence-electron chi connectivity index (χ4n) is 1.78. The number of furan rings is 1. The molecule has 0 aliphatic carbocycles. The topological polar surface area (TPSA) is 25.2 Å². The number of alkyl halides is 2. The van der Waals surface area contributed by atoms with Crippen molar-refractivity contribution in [3.63, 3.8) is 0 Å². The summed E-state index contributed by atoms with van der Waals surface area (Å²) in [5, 5.41) is 3.37. The molecule has 110 valence electrons. The van der Waals surface area contributed by atoms with E-state index >= 15 is 0 Å². The lowest BCUT2D eigenvalue weighted by Crippen LogP contribution is -2.16. The van der Waals surface area contributed by atoms with Crippen LogP contribution in [0.1, 0.15) is 34.2 Å². The Bertz CT molecular complexity index is 539. The molecule has 0 saturated carbocycles. The second kappa shape index (κ2) is 7.24. The molecule has 1 atom stereocenters. The summed E-state index contributed by atoms with van der Waals surface area (Å²) in [6.07, 6.45) is 0. The second-order valence-electron chi connectivity index (χ2n) is 4.49. The van der Waals surface area contributed by atoms with Crippen molar-refractivity contribution in [3.8, 4) is 0 Å². The highest BCUT2D eigenvalue weighted by atomic mass is 32.2. The molecule has 0 bridgehead atoms. The molecular weight excluding hydrogens is 300 g/mol. The highest BCUT2D eigenvalue weighted by Crippen LogP contribution is 2.24. The molecule has 1 unspecified atom stereocenters. The van der Waals surface area contributed by atoms with E-state index in [-0.39, 0.29) is 11.8 Å². The van der Waals surface area contributed by atoms with Crippen LogP contribution in [0.4, 0.5) is 8.78 Å². The monoisotopic (exact) mass is 317 g/mol. The minimum absolute atomic E-state index is 0.206. The van der Waals surface area contributed by atoms with E-state index in [9.17, 15) is 8.78 Å². The molecule has 2 aromatic rings. The zero-order chi connectivity index (χ0) is 14.5. The van der Waals surface area contributed by atoms with Crippen molar-refractivity contribution in [1.29, 1.82) is 0 Å². The van der Waals surface area contributed by atoms with Gasteiger partial charge in [-0.3, -0.25) is 0 Å². The predicted octanol–water partition coefficient (Wildman–Crippen LogP) is 4.96. The lowest BCUT2D eigenvalue weighted by molar-refractivity contribution is 0.251. The number of thiophene rings is 1. The van der Waals surface area contributed by atoms with Crippen molar-refractivity contribution in [2.24, 2.45) is 0 Å². The predicted molar refractivity (Wildman–Crippen MR) is 80.3 cm³/mol. The molecule has 0 saturated heterocycles. The smallest absolute Gasteiger partial charge is 0.284 e. The van der Waals surface area contributed by atoms with E-state index in [1.165, 1.54) is 9.75 Å². The average molecular weight is 317 g/mol. The van der Waals surface area contributed by atoms with Crippen molar-refractivity contribution in [2.45, 2.75) is 37.9 Å². The van der Waals surface area contributed by atoms with E-state index in [0.29, 0.717) is 24.1 Å². The third-order valence-electron chi connectivity index (χ3n) is 2.84. The molecule has 2 aromatic heterocycles. The number of rotatable bonds is 7. The van der Waals surface area contributed by atoms with E-state index in [2.05, 4.69) is 31.3 Å². The van der Waals surface area contributed by atoms with Gasteiger partial charge in [-0.25, -0.2) is 0 Å². The van der Waals surface area contributed by atoms with Gasteiger partial charge in [0.25, 0.3) is 5.76 Å². The number of halogens is 2. The summed E-state index contributed by atoms with van der Waals surface area (Å²) in [6, 6.07) is 8.06. The second-order valence-corrected chi connectivity index (χ2v) is 6.79. The molecule has 20 heavy (non-hydrogen) atoms. The van der Waals surface area contributed by atoms with Gasteiger partial charge in [-0.05, 0) is 38.1 Å². The quantitative estimate of drug-likeness (QED) is 0.781. The summed E-state index contributed by atoms with van der Waals surface area (Å²) in [4.78, 5) is 2.57. The number of hydrogen-bond donors (Lipinski definition) is 1. The van der Waals surface area contributed by atoms with Crippen LogP contribution in [-0.2, 0) is 12.3 Å². The van der Waals surface area contributed by atoms with E-state index in [4.69, 9.17) is 4.42 Å². The Balaban J connectivity index is 1.82. The molecule has 0 aliphatic heterocycles. The zero-order valence-electron chi connectivity index (χ0n) is 11.4. The molecular formula is C14H17F2NOS2. The van der Waals surface area contributed by atoms with Crippen LogP contribution in [-0.4, -0.2) is 5.76 Å². The molecule has 2 rings (SSSR count). The van der Waals surface area contributed by atoms with Crippen LogP contribution >= 0.6 is 23.1 Å². The molecule has 0 radical (unpaired) electrons. The Labute approximate surface area is 125 Å². The van der Waals surface area contributed by atoms with E-state index in [1.54, 1.807) is 17.4 Å². The Morgan fingerprint density at radius 3 is 2.65 bits per heavy atom. The minimum Gasteiger partial charge on any atom is -0.464 e. The normalized spacial score (nSPS) is 13.1. The van der Waals surface area contributed by atoms with Crippen LogP contribution in [0.5, 0.6) is 0 Å². The molecule has 0 spiro atoms. The van der Waals surface area contributed by atoms with Crippen molar-refractivity contribution < 1.29 is 13.2 Å². The average Bonchev–Trinajstić information content (AvgIpc) is 3.02. The fourth-order valence-corrected chi connectivity index (χ4v) is 3.13. The van der Waals surface area contributed by atoms with Crippen molar-refractivity contribution in [3.05, 3.63) is 45.5 Å². The van der Waals surface area contributed by atoms with Gasteiger partial charge in [0.1, 0.15) is 11.5 Å². The van der Waals surface area contributed by atoms with Gasteiger partial charge in [-0.15, -0.1) is 11.3 Å². The van der Waals surface area contributed by atoms with Crippen LogP contribution in [0.2, 0.25) is 0 Å². The van der Waals surface area contributed by atoms with Gasteiger partial charge in [-0.1, -0.05) is 11.8 Å². The Morgan fingerprint density at radius 2 is 2.00 bits per heavy atom. The standard InChI is InChI=1S/C14H17F2NOS2/c1-9-3-6-13(20-9)10(2)17-7-11-4-5-12(18-11)8-19-14(15)16/h3-6,10,14,17H,7-8H2,1-2H3. The maximum absolute atomic E-state index is 12.1. The molecule has 2 nitrogen and oxygen atoms in total. The van der Waals surface area contributed by atoms with E-state index in [1.807, 2.05) is 6.07 Å². The lowest BCUT2D eigenvalue weighted by atomic mass is 10.2. The van der Waals surface area contributed by atoms with Crippen LogP contribution in [0.25, 0.3) is 0 Å². The van der Waals surface area contributed by atoms with Gasteiger partial charge in [-0.2, -0.15) is 8.78 Å². The van der Waals surface area contributed by atoms with Crippen molar-refractivity contribution in [1.82, 2.24) is 5.32 Å². The van der Waals surface area contributed by atoms with Gasteiger partial charge in [0.2, 0.25) is 0 Å². The lowest BCUT2D eigenvalue weighted by Gasteiger charge is -2.10. The van der Waals surface area contributed by atoms with Gasteiger partial charge < -0.3 is 9.73 Å². The summed E-state index contributed by atoms with van der Waals surface area (Å²) in [6.45, 7) is 4.78. The molecule has 0 amide bonds. The van der Waals surface area contributed by atoms with Crippen molar-refractivity contribution >= 4 is 23.1 Å². The number of nitrogens with one attached hydrogen (secondary N) is 1. The summed E-state index contributed by atoms with van der Waals surface area (Å²) >= 11 is 2.34. The summed E-state index contributed by atoms with van der Waals surface area (Å²) in [5.74, 6) is -0.789. The van der Waals surface area contributed by atoms with Crippen molar-refractivity contribution in [2.75, 3.05) is 0 Å². The van der Waals surface area contributed by atoms with E-state index in [0.717, 1.165) is 5.76 Å². The first kappa shape index (κ1) is 15.5. The summed E-state index contributed by atoms with van der Waals surface area (Å²) in [7, 11) is 0. The number of thioether (sulfide) groups is 1. The first-order valence-corrected chi connectivity index (χ1v) is 8.18. The fraction of sp³-hybridized carbons (Fsp3) is 0.429. The molecule has 6 heteroatoms. The van der Waals surface area contributed by atoms with Crippen LogP contribution in [0, 0.1) is 6.92 Å². The highest BCUT2D eigenvalue weighted by molar-refractivity contribution is 7.98. The zero-order valence-corrected chi connectivity index (χ0v) is 13.0. The van der Waals surface area contributed by atoms with Gasteiger partial charge in [0.15, 0.2) is 0 Å². The number of hydrogen-bond acceptors (Lipinski definition) is 4. The van der Waals surface area contributed by atoms with Crippen LogP contribution < -0.4 is 5.32 Å². The molecule has 0 aliphatic rings. The Kier molecular flexibility index (Phi) is 5.63. The van der Waals surface area contributed by atoms with Crippen LogP contribution in [0.3, 0.4) is 0 Å². The maximum atomic E-state index is 12.1. The van der Waals surface area contributed by atoms with E-state index < -0.39 is 5.76 Å². The molecule has 0 fully saturated rings. The maximum Gasteiger partial charge on any atom is 0.284 e. The molecule has 0 aromatic carbocycles. The first-order valence-electron chi connectivity index (χ1n) is 6.31. The minimum atomic E-state index is -2.36. The SMILES string of the molecule is Cc1ccc(C(C)NCc2ccc(CSC(F)F)o2)s1. The summed E-state index contributed by atoms with van der Waals surface area (Å²) < 4.78 is 29.7. The summed E-state index contributed by atoms with van der Waals surface area (Å²) in [5.41, 5.74) is 0. The third-order valence-corrected chi connectivity index (χ3v) is 4.73.